The first kappa shape index (κ1) is 13.6. The van der Waals surface area contributed by atoms with Gasteiger partial charge in [0.1, 0.15) is 11.5 Å². The molecule has 0 fully saturated rings. The highest BCUT2D eigenvalue weighted by Crippen LogP contribution is 2.39. The molecule has 0 amide bonds. The van der Waals surface area contributed by atoms with E-state index >= 15 is 0 Å². The SMILES string of the molecule is COc1cc(C2Nc3ccccc3O2)ccc1-c1ccccn1. The predicted molar refractivity (Wildman–Crippen MR) is 89.7 cm³/mol. The molecule has 4 nitrogen and oxygen atoms in total. The molecule has 2 aromatic carbocycles. The minimum absolute atomic E-state index is 0.209. The lowest BCUT2D eigenvalue weighted by Gasteiger charge is -2.15. The van der Waals surface area contributed by atoms with Crippen LogP contribution in [0.2, 0.25) is 0 Å². The number of hydrogen-bond acceptors (Lipinski definition) is 4. The van der Waals surface area contributed by atoms with Crippen LogP contribution in [0, 0.1) is 0 Å². The lowest BCUT2D eigenvalue weighted by atomic mass is 10.1. The van der Waals surface area contributed by atoms with Crippen molar-refractivity contribution in [2.75, 3.05) is 12.4 Å². The van der Waals surface area contributed by atoms with Crippen LogP contribution in [0.15, 0.2) is 66.9 Å². The average Bonchev–Trinajstić information content (AvgIpc) is 3.06. The van der Waals surface area contributed by atoms with Gasteiger partial charge in [0.2, 0.25) is 0 Å². The van der Waals surface area contributed by atoms with Crippen LogP contribution >= 0.6 is 0 Å². The molecule has 0 aliphatic carbocycles. The number of aromatic nitrogens is 1. The summed E-state index contributed by atoms with van der Waals surface area (Å²) in [6.45, 7) is 0. The summed E-state index contributed by atoms with van der Waals surface area (Å²) in [5, 5.41) is 3.37. The van der Waals surface area contributed by atoms with Crippen molar-refractivity contribution in [3.63, 3.8) is 0 Å². The molecule has 114 valence electrons. The second-order valence-corrected chi connectivity index (χ2v) is 5.31. The zero-order valence-electron chi connectivity index (χ0n) is 12.7. The van der Waals surface area contributed by atoms with Crippen LogP contribution in [-0.4, -0.2) is 12.1 Å². The lowest BCUT2D eigenvalue weighted by Crippen LogP contribution is -2.10. The van der Waals surface area contributed by atoms with Crippen molar-refractivity contribution in [3.05, 3.63) is 72.4 Å². The maximum atomic E-state index is 5.96. The van der Waals surface area contributed by atoms with Gasteiger partial charge in [-0.05, 0) is 36.4 Å². The number of benzene rings is 2. The van der Waals surface area contributed by atoms with Crippen LogP contribution < -0.4 is 14.8 Å². The summed E-state index contributed by atoms with van der Waals surface area (Å²) < 4.78 is 11.5. The second-order valence-electron chi connectivity index (χ2n) is 5.31. The van der Waals surface area contributed by atoms with Gasteiger partial charge in [-0.2, -0.15) is 0 Å². The van der Waals surface area contributed by atoms with Gasteiger partial charge < -0.3 is 14.8 Å². The van der Waals surface area contributed by atoms with Crippen LogP contribution in [0.4, 0.5) is 5.69 Å². The molecule has 0 radical (unpaired) electrons. The van der Waals surface area contributed by atoms with Gasteiger partial charge in [-0.15, -0.1) is 0 Å². The Labute approximate surface area is 134 Å². The number of nitrogens with one attached hydrogen (secondary N) is 1. The van der Waals surface area contributed by atoms with Gasteiger partial charge in [-0.25, -0.2) is 0 Å². The van der Waals surface area contributed by atoms with Crippen LogP contribution in [0.3, 0.4) is 0 Å². The molecule has 4 rings (SSSR count). The minimum Gasteiger partial charge on any atom is -0.496 e. The number of ether oxygens (including phenoxy) is 2. The highest BCUT2D eigenvalue weighted by atomic mass is 16.5. The van der Waals surface area contributed by atoms with E-state index in [0.717, 1.165) is 34.0 Å². The molecule has 2 heterocycles. The second kappa shape index (κ2) is 5.65. The Morgan fingerprint density at radius 1 is 1.04 bits per heavy atom. The number of para-hydroxylation sites is 2. The number of fused-ring (bicyclic) bond motifs is 1. The average molecular weight is 304 g/mol. The van der Waals surface area contributed by atoms with Crippen molar-refractivity contribution in [1.82, 2.24) is 4.98 Å². The first-order chi connectivity index (χ1) is 11.3. The van der Waals surface area contributed by atoms with E-state index < -0.39 is 0 Å². The van der Waals surface area contributed by atoms with Gasteiger partial charge in [0.15, 0.2) is 6.23 Å². The van der Waals surface area contributed by atoms with E-state index in [9.17, 15) is 0 Å². The molecule has 0 saturated carbocycles. The predicted octanol–water partition coefficient (Wildman–Crippen LogP) is 4.26. The van der Waals surface area contributed by atoms with E-state index in [1.165, 1.54) is 0 Å². The fourth-order valence-electron chi connectivity index (χ4n) is 2.74. The van der Waals surface area contributed by atoms with Gasteiger partial charge in [-0.1, -0.05) is 24.3 Å². The lowest BCUT2D eigenvalue weighted by molar-refractivity contribution is 0.259. The molecule has 1 atom stereocenters. The van der Waals surface area contributed by atoms with E-state index in [1.54, 1.807) is 13.3 Å². The van der Waals surface area contributed by atoms with E-state index in [1.807, 2.05) is 60.7 Å². The number of hydrogen-bond donors (Lipinski definition) is 1. The Morgan fingerprint density at radius 2 is 1.91 bits per heavy atom. The molecule has 1 aliphatic rings. The molecule has 23 heavy (non-hydrogen) atoms. The standard InChI is InChI=1S/C19H16N2O2/c1-22-18-12-13(9-10-14(18)15-6-4-5-11-20-15)19-21-16-7-2-3-8-17(16)23-19/h2-12,19,21H,1H3. The largest absolute Gasteiger partial charge is 0.496 e. The van der Waals surface area contributed by atoms with E-state index in [0.29, 0.717) is 0 Å². The summed E-state index contributed by atoms with van der Waals surface area (Å²) in [6.07, 6.45) is 1.57. The Kier molecular flexibility index (Phi) is 3.35. The molecule has 3 aromatic rings. The third kappa shape index (κ3) is 2.48. The molecule has 4 heteroatoms. The van der Waals surface area contributed by atoms with Crippen LogP contribution in [0.5, 0.6) is 11.5 Å². The maximum absolute atomic E-state index is 5.96. The molecule has 1 N–H and O–H groups in total. The van der Waals surface area contributed by atoms with Crippen LogP contribution in [-0.2, 0) is 0 Å². The summed E-state index contributed by atoms with van der Waals surface area (Å²) in [4.78, 5) is 4.39. The van der Waals surface area contributed by atoms with E-state index in [4.69, 9.17) is 9.47 Å². The first-order valence-corrected chi connectivity index (χ1v) is 7.47. The van der Waals surface area contributed by atoms with Crippen molar-refractivity contribution in [3.8, 4) is 22.8 Å². The topological polar surface area (TPSA) is 43.4 Å². The summed E-state index contributed by atoms with van der Waals surface area (Å²) in [5.41, 5.74) is 3.87. The third-order valence-electron chi connectivity index (χ3n) is 3.89. The monoisotopic (exact) mass is 304 g/mol. The van der Waals surface area contributed by atoms with Crippen LogP contribution in [0.1, 0.15) is 11.8 Å². The molecule has 1 aliphatic heterocycles. The third-order valence-corrected chi connectivity index (χ3v) is 3.89. The molecule has 1 unspecified atom stereocenters. The van der Waals surface area contributed by atoms with Crippen molar-refractivity contribution in [1.29, 1.82) is 0 Å². The van der Waals surface area contributed by atoms with Crippen molar-refractivity contribution in [2.24, 2.45) is 0 Å². The van der Waals surface area contributed by atoms with E-state index in [2.05, 4.69) is 10.3 Å². The Balaban J connectivity index is 1.67. The maximum Gasteiger partial charge on any atom is 0.196 e. The fourth-order valence-corrected chi connectivity index (χ4v) is 2.74. The van der Waals surface area contributed by atoms with Crippen molar-refractivity contribution < 1.29 is 9.47 Å². The molecule has 0 spiro atoms. The molecule has 1 aromatic heterocycles. The normalized spacial score (nSPS) is 15.4. The number of rotatable bonds is 3. The smallest absolute Gasteiger partial charge is 0.196 e. The first-order valence-electron chi connectivity index (χ1n) is 7.47. The molecular formula is C19H16N2O2. The zero-order valence-corrected chi connectivity index (χ0v) is 12.7. The number of nitrogens with zero attached hydrogens (tertiary/aromatic N) is 1. The highest BCUT2D eigenvalue weighted by Gasteiger charge is 2.23. The van der Waals surface area contributed by atoms with Crippen molar-refractivity contribution >= 4 is 5.69 Å². The summed E-state index contributed by atoms with van der Waals surface area (Å²) in [6, 6.07) is 19.8. The van der Waals surface area contributed by atoms with Gasteiger partial charge in [0.25, 0.3) is 0 Å². The van der Waals surface area contributed by atoms with Crippen molar-refractivity contribution in [2.45, 2.75) is 6.23 Å². The summed E-state index contributed by atoms with van der Waals surface area (Å²) in [7, 11) is 1.67. The Hall–Kier alpha value is -3.01. The minimum atomic E-state index is -0.209. The van der Waals surface area contributed by atoms with Gasteiger partial charge in [0, 0.05) is 17.3 Å². The van der Waals surface area contributed by atoms with E-state index in [-0.39, 0.29) is 6.23 Å². The molecule has 0 saturated heterocycles. The summed E-state index contributed by atoms with van der Waals surface area (Å²) >= 11 is 0. The van der Waals surface area contributed by atoms with Gasteiger partial charge in [-0.3, -0.25) is 4.98 Å². The molecule has 0 bridgehead atoms. The Bertz CT molecular complexity index is 809. The molecular weight excluding hydrogens is 288 g/mol. The Morgan fingerprint density at radius 3 is 2.70 bits per heavy atom. The number of pyridine rings is 1. The van der Waals surface area contributed by atoms with Gasteiger partial charge >= 0.3 is 0 Å². The summed E-state index contributed by atoms with van der Waals surface area (Å²) in [5.74, 6) is 1.65. The highest BCUT2D eigenvalue weighted by molar-refractivity contribution is 5.68. The number of anilines is 1. The van der Waals surface area contributed by atoms with Gasteiger partial charge in [0.05, 0.1) is 18.5 Å². The zero-order chi connectivity index (χ0) is 15.6. The number of methoxy groups -OCH3 is 1. The quantitative estimate of drug-likeness (QED) is 0.785. The van der Waals surface area contributed by atoms with Crippen LogP contribution in [0.25, 0.3) is 11.3 Å². The fraction of sp³-hybridized carbons (Fsp3) is 0.105.